The van der Waals surface area contributed by atoms with Gasteiger partial charge in [0.25, 0.3) is 5.91 Å². The number of halogens is 2. The Balaban J connectivity index is 2.28. The minimum atomic E-state index is -0.497. The zero-order valence-corrected chi connectivity index (χ0v) is 10.4. The molecule has 0 aliphatic rings. The molecule has 0 aliphatic carbocycles. The van der Waals surface area contributed by atoms with E-state index in [9.17, 15) is 9.18 Å². The maximum Gasteiger partial charge on any atom is 0.259 e. The average Bonchev–Trinajstić information content (AvgIpc) is 2.42. The molecule has 1 heterocycles. The molecular formula is C12H10ClFN4O. The SMILES string of the molecule is NNc1ccncc1C(=O)Nc1cc(F)ccc1Cl. The number of carbonyl (C=O) groups is 1. The fourth-order valence-corrected chi connectivity index (χ4v) is 1.65. The van der Waals surface area contributed by atoms with Gasteiger partial charge in [-0.15, -0.1) is 0 Å². The molecule has 0 saturated carbocycles. The highest BCUT2D eigenvalue weighted by Gasteiger charge is 2.13. The minimum absolute atomic E-state index is 0.179. The van der Waals surface area contributed by atoms with Crippen LogP contribution in [0.5, 0.6) is 0 Å². The van der Waals surface area contributed by atoms with Gasteiger partial charge in [-0.25, -0.2) is 4.39 Å². The third-order valence-corrected chi connectivity index (χ3v) is 2.73. The van der Waals surface area contributed by atoms with Crippen molar-refractivity contribution in [2.24, 2.45) is 5.84 Å². The van der Waals surface area contributed by atoms with Crippen LogP contribution < -0.4 is 16.6 Å². The van der Waals surface area contributed by atoms with Gasteiger partial charge < -0.3 is 10.7 Å². The molecule has 1 aromatic heterocycles. The Bertz CT molecular complexity index is 620. The Morgan fingerprint density at radius 1 is 1.32 bits per heavy atom. The van der Waals surface area contributed by atoms with Crippen LogP contribution in [-0.2, 0) is 0 Å². The first kappa shape index (κ1) is 13.3. The molecule has 0 radical (unpaired) electrons. The van der Waals surface area contributed by atoms with Gasteiger partial charge in [0.15, 0.2) is 0 Å². The third-order valence-electron chi connectivity index (χ3n) is 2.40. The molecule has 0 bridgehead atoms. The number of hydrazine groups is 1. The molecule has 1 aromatic carbocycles. The van der Waals surface area contributed by atoms with Gasteiger partial charge >= 0.3 is 0 Å². The van der Waals surface area contributed by atoms with Crippen molar-refractivity contribution in [2.75, 3.05) is 10.7 Å². The summed E-state index contributed by atoms with van der Waals surface area (Å²) in [4.78, 5) is 15.9. The van der Waals surface area contributed by atoms with Crippen LogP contribution in [0.3, 0.4) is 0 Å². The summed E-state index contributed by atoms with van der Waals surface area (Å²) < 4.78 is 13.1. The topological polar surface area (TPSA) is 80.0 Å². The van der Waals surface area contributed by atoms with E-state index < -0.39 is 11.7 Å². The van der Waals surface area contributed by atoms with Crippen molar-refractivity contribution in [2.45, 2.75) is 0 Å². The summed E-state index contributed by atoms with van der Waals surface area (Å²) in [6, 6.07) is 5.24. The van der Waals surface area contributed by atoms with E-state index in [1.165, 1.54) is 24.5 Å². The van der Waals surface area contributed by atoms with Gasteiger partial charge in [-0.2, -0.15) is 0 Å². The Hall–Kier alpha value is -2.18. The highest BCUT2D eigenvalue weighted by molar-refractivity contribution is 6.34. The molecule has 0 unspecified atom stereocenters. The Labute approximate surface area is 113 Å². The Morgan fingerprint density at radius 2 is 2.11 bits per heavy atom. The fourth-order valence-electron chi connectivity index (χ4n) is 1.48. The zero-order valence-electron chi connectivity index (χ0n) is 9.65. The van der Waals surface area contributed by atoms with Crippen LogP contribution in [0.1, 0.15) is 10.4 Å². The van der Waals surface area contributed by atoms with Gasteiger partial charge in [-0.05, 0) is 24.3 Å². The van der Waals surface area contributed by atoms with E-state index in [1.54, 1.807) is 6.07 Å². The van der Waals surface area contributed by atoms with Crippen molar-refractivity contribution < 1.29 is 9.18 Å². The van der Waals surface area contributed by atoms with Crippen molar-refractivity contribution in [3.8, 4) is 0 Å². The summed E-state index contributed by atoms with van der Waals surface area (Å²) in [6.07, 6.45) is 2.83. The molecule has 0 saturated heterocycles. The molecule has 0 fully saturated rings. The van der Waals surface area contributed by atoms with Gasteiger partial charge in [-0.3, -0.25) is 15.6 Å². The molecular weight excluding hydrogens is 271 g/mol. The Morgan fingerprint density at radius 3 is 2.84 bits per heavy atom. The highest BCUT2D eigenvalue weighted by Crippen LogP contribution is 2.23. The second-order valence-corrected chi connectivity index (χ2v) is 4.05. The summed E-state index contributed by atoms with van der Waals surface area (Å²) >= 11 is 5.86. The number of rotatable bonds is 3. The number of hydrogen-bond donors (Lipinski definition) is 3. The molecule has 5 nitrogen and oxygen atoms in total. The van der Waals surface area contributed by atoms with Crippen LogP contribution >= 0.6 is 11.6 Å². The normalized spacial score (nSPS) is 10.1. The van der Waals surface area contributed by atoms with Crippen molar-refractivity contribution in [3.05, 3.63) is 53.1 Å². The van der Waals surface area contributed by atoms with E-state index in [4.69, 9.17) is 17.4 Å². The van der Waals surface area contributed by atoms with Gasteiger partial charge in [0.1, 0.15) is 5.82 Å². The monoisotopic (exact) mass is 280 g/mol. The maximum atomic E-state index is 13.1. The fraction of sp³-hybridized carbons (Fsp3) is 0. The molecule has 2 aromatic rings. The molecule has 0 aliphatic heterocycles. The van der Waals surface area contributed by atoms with Crippen molar-refractivity contribution in [1.82, 2.24) is 4.98 Å². The lowest BCUT2D eigenvalue weighted by atomic mass is 10.2. The molecule has 7 heteroatoms. The van der Waals surface area contributed by atoms with E-state index in [2.05, 4.69) is 15.7 Å². The number of anilines is 2. The molecule has 2 rings (SSSR count). The largest absolute Gasteiger partial charge is 0.323 e. The van der Waals surface area contributed by atoms with E-state index >= 15 is 0 Å². The molecule has 19 heavy (non-hydrogen) atoms. The number of pyridine rings is 1. The maximum absolute atomic E-state index is 13.1. The first-order valence-electron chi connectivity index (χ1n) is 5.29. The van der Waals surface area contributed by atoms with E-state index in [0.29, 0.717) is 5.69 Å². The van der Waals surface area contributed by atoms with Crippen LogP contribution in [0.2, 0.25) is 5.02 Å². The molecule has 98 valence electrons. The van der Waals surface area contributed by atoms with Gasteiger partial charge in [0.05, 0.1) is 22.0 Å². The van der Waals surface area contributed by atoms with Crippen LogP contribution in [0, 0.1) is 5.82 Å². The molecule has 4 N–H and O–H groups in total. The van der Waals surface area contributed by atoms with Crippen molar-refractivity contribution >= 4 is 28.9 Å². The first-order chi connectivity index (χ1) is 9.11. The van der Waals surface area contributed by atoms with Crippen molar-refractivity contribution in [3.63, 3.8) is 0 Å². The predicted octanol–water partition coefficient (Wildman–Crippen LogP) is 2.41. The number of nitrogens with two attached hydrogens (primary N) is 1. The molecule has 0 spiro atoms. The third kappa shape index (κ3) is 2.98. The number of benzene rings is 1. The number of hydrogen-bond acceptors (Lipinski definition) is 4. The van der Waals surface area contributed by atoms with Crippen LogP contribution in [0.25, 0.3) is 0 Å². The summed E-state index contributed by atoms with van der Waals surface area (Å²) in [6.45, 7) is 0. The standard InChI is InChI=1S/C12H10ClFN4O/c13-9-2-1-7(14)5-11(9)17-12(19)8-6-16-4-3-10(8)18-15/h1-6H,15H2,(H,16,18)(H,17,19). The summed E-state index contributed by atoms with van der Waals surface area (Å²) in [7, 11) is 0. The van der Waals surface area contributed by atoms with E-state index in [0.717, 1.165) is 6.07 Å². The lowest BCUT2D eigenvalue weighted by Gasteiger charge is -2.10. The van der Waals surface area contributed by atoms with Crippen LogP contribution in [0.15, 0.2) is 36.7 Å². The van der Waals surface area contributed by atoms with Gasteiger partial charge in [-0.1, -0.05) is 11.6 Å². The lowest BCUT2D eigenvalue weighted by Crippen LogP contribution is -2.17. The molecule has 0 atom stereocenters. The second-order valence-electron chi connectivity index (χ2n) is 3.64. The Kier molecular flexibility index (Phi) is 3.94. The number of amides is 1. The van der Waals surface area contributed by atoms with Crippen LogP contribution in [0.4, 0.5) is 15.8 Å². The number of carbonyl (C=O) groups excluding carboxylic acids is 1. The predicted molar refractivity (Wildman–Crippen MR) is 71.4 cm³/mol. The quantitative estimate of drug-likeness (QED) is 0.596. The summed E-state index contributed by atoms with van der Waals surface area (Å²) in [5.74, 6) is 4.30. The molecule has 1 amide bonds. The van der Waals surface area contributed by atoms with Crippen molar-refractivity contribution in [1.29, 1.82) is 0 Å². The smallest absolute Gasteiger partial charge is 0.259 e. The summed E-state index contributed by atoms with van der Waals surface area (Å²) in [5.41, 5.74) is 3.19. The minimum Gasteiger partial charge on any atom is -0.323 e. The zero-order chi connectivity index (χ0) is 13.8. The van der Waals surface area contributed by atoms with Crippen LogP contribution in [-0.4, -0.2) is 10.9 Å². The number of aromatic nitrogens is 1. The second kappa shape index (κ2) is 5.64. The van der Waals surface area contributed by atoms with E-state index in [-0.39, 0.29) is 16.3 Å². The summed E-state index contributed by atoms with van der Waals surface area (Å²) in [5, 5.41) is 2.73. The highest BCUT2D eigenvalue weighted by atomic mass is 35.5. The lowest BCUT2D eigenvalue weighted by molar-refractivity contribution is 0.102. The van der Waals surface area contributed by atoms with E-state index in [1.807, 2.05) is 0 Å². The number of nitrogens with one attached hydrogen (secondary N) is 2. The first-order valence-corrected chi connectivity index (χ1v) is 5.66. The number of nitrogens with zero attached hydrogens (tertiary/aromatic N) is 1. The average molecular weight is 281 g/mol. The van der Waals surface area contributed by atoms with Gasteiger partial charge in [0, 0.05) is 12.4 Å². The number of nitrogen functional groups attached to an aromatic ring is 1. The van der Waals surface area contributed by atoms with Gasteiger partial charge in [0.2, 0.25) is 0 Å².